The minimum Gasteiger partial charge on any atom is -0.481 e. The Morgan fingerprint density at radius 1 is 1.17 bits per heavy atom. The van der Waals surface area contributed by atoms with E-state index in [0.29, 0.717) is 18.3 Å². The number of esters is 1. The highest BCUT2D eigenvalue weighted by Crippen LogP contribution is 2.32. The predicted molar refractivity (Wildman–Crippen MR) is 92.9 cm³/mol. The number of rotatable bonds is 7. The molecule has 2 rings (SSSR count). The molecule has 1 aliphatic rings. The number of hydrogen-bond donors (Lipinski definition) is 1. The highest BCUT2D eigenvalue weighted by molar-refractivity contribution is 5.75. The summed E-state index contributed by atoms with van der Waals surface area (Å²) in [5.74, 6) is -0.705. The first-order chi connectivity index (χ1) is 11.4. The van der Waals surface area contributed by atoms with Crippen LogP contribution in [0, 0.1) is 11.8 Å². The Balaban J connectivity index is 1.94. The second-order valence-electron chi connectivity index (χ2n) is 7.32. The van der Waals surface area contributed by atoms with Crippen LogP contribution in [0.25, 0.3) is 0 Å². The fourth-order valence-corrected chi connectivity index (χ4v) is 3.33. The normalized spacial score (nSPS) is 21.7. The van der Waals surface area contributed by atoms with E-state index in [1.54, 1.807) is 6.92 Å². The fraction of sp³-hybridized carbons (Fsp3) is 0.600. The summed E-state index contributed by atoms with van der Waals surface area (Å²) in [5.41, 5.74) is 1.99. The molecule has 0 radical (unpaired) electrons. The zero-order chi connectivity index (χ0) is 17.7. The van der Waals surface area contributed by atoms with Gasteiger partial charge in [-0.15, -0.1) is 0 Å². The highest BCUT2D eigenvalue weighted by Gasteiger charge is 2.30. The van der Waals surface area contributed by atoms with Gasteiger partial charge in [0.25, 0.3) is 0 Å². The minimum atomic E-state index is -0.810. The third-order valence-corrected chi connectivity index (χ3v) is 4.80. The molecule has 1 saturated carbocycles. The Morgan fingerprint density at radius 3 is 2.42 bits per heavy atom. The van der Waals surface area contributed by atoms with Gasteiger partial charge in [-0.05, 0) is 55.6 Å². The molecule has 3 atom stereocenters. The molecule has 0 aliphatic heterocycles. The van der Waals surface area contributed by atoms with Gasteiger partial charge in [0.2, 0.25) is 0 Å². The van der Waals surface area contributed by atoms with Gasteiger partial charge in [-0.3, -0.25) is 9.59 Å². The van der Waals surface area contributed by atoms with Crippen molar-refractivity contribution in [3.05, 3.63) is 35.4 Å². The second kappa shape index (κ2) is 8.32. The molecule has 0 saturated heterocycles. The molecule has 4 nitrogen and oxygen atoms in total. The van der Waals surface area contributed by atoms with Gasteiger partial charge in [-0.2, -0.15) is 0 Å². The monoisotopic (exact) mass is 332 g/mol. The van der Waals surface area contributed by atoms with E-state index in [2.05, 4.69) is 0 Å². The summed E-state index contributed by atoms with van der Waals surface area (Å²) >= 11 is 0. The minimum absolute atomic E-state index is 0.0221. The van der Waals surface area contributed by atoms with Crippen molar-refractivity contribution in [2.24, 2.45) is 11.8 Å². The molecule has 1 aliphatic carbocycles. The van der Waals surface area contributed by atoms with Crippen molar-refractivity contribution in [2.45, 2.75) is 64.9 Å². The van der Waals surface area contributed by atoms with Crippen molar-refractivity contribution in [3.63, 3.8) is 0 Å². The standard InChI is InChI=1S/C20H28O4/c1-13(2)11-19(21)24-18-6-4-5-17(18)12-15-7-9-16(10-8-15)14(3)20(22)23/h7-10,13-14,17-18H,4-6,11-12H2,1-3H3,(H,22,23)/t14-,17+,18-/m0/s1. The van der Waals surface area contributed by atoms with E-state index >= 15 is 0 Å². The molecule has 0 unspecified atom stereocenters. The Kier molecular flexibility index (Phi) is 6.41. The second-order valence-corrected chi connectivity index (χ2v) is 7.32. The first-order valence-corrected chi connectivity index (χ1v) is 8.88. The number of benzene rings is 1. The number of carboxylic acid groups (broad SMARTS) is 1. The van der Waals surface area contributed by atoms with Crippen LogP contribution >= 0.6 is 0 Å². The zero-order valence-corrected chi connectivity index (χ0v) is 14.8. The Hall–Kier alpha value is -1.84. The van der Waals surface area contributed by atoms with Gasteiger partial charge in [-0.25, -0.2) is 0 Å². The third-order valence-electron chi connectivity index (χ3n) is 4.80. The Bertz CT molecular complexity index is 562. The topological polar surface area (TPSA) is 63.6 Å². The summed E-state index contributed by atoms with van der Waals surface area (Å²) in [6.45, 7) is 5.73. The van der Waals surface area contributed by atoms with Crippen molar-refractivity contribution in [1.29, 1.82) is 0 Å². The first kappa shape index (κ1) is 18.5. The molecular weight excluding hydrogens is 304 g/mol. The summed E-state index contributed by atoms with van der Waals surface area (Å²) < 4.78 is 5.68. The van der Waals surface area contributed by atoms with E-state index in [4.69, 9.17) is 9.84 Å². The molecule has 24 heavy (non-hydrogen) atoms. The van der Waals surface area contributed by atoms with Crippen LogP contribution in [-0.4, -0.2) is 23.1 Å². The first-order valence-electron chi connectivity index (χ1n) is 8.88. The van der Waals surface area contributed by atoms with Crippen LogP contribution in [0.1, 0.15) is 63.5 Å². The number of carbonyl (C=O) groups excluding carboxylic acids is 1. The van der Waals surface area contributed by atoms with Gasteiger partial charge >= 0.3 is 11.9 Å². The molecule has 132 valence electrons. The van der Waals surface area contributed by atoms with Crippen LogP contribution in [0.3, 0.4) is 0 Å². The summed E-state index contributed by atoms with van der Waals surface area (Å²) in [6.07, 6.45) is 4.49. The average molecular weight is 332 g/mol. The number of carbonyl (C=O) groups is 2. The maximum Gasteiger partial charge on any atom is 0.310 e. The number of carboxylic acids is 1. The van der Waals surface area contributed by atoms with E-state index < -0.39 is 11.9 Å². The summed E-state index contributed by atoms with van der Waals surface area (Å²) in [5, 5.41) is 9.07. The molecule has 0 spiro atoms. The van der Waals surface area contributed by atoms with Gasteiger partial charge in [0, 0.05) is 6.42 Å². The summed E-state index contributed by atoms with van der Waals surface area (Å²) in [4.78, 5) is 22.9. The Labute approximate surface area is 144 Å². The lowest BCUT2D eigenvalue weighted by molar-refractivity contribution is -0.151. The van der Waals surface area contributed by atoms with Crippen LogP contribution in [-0.2, 0) is 20.7 Å². The summed E-state index contributed by atoms with van der Waals surface area (Å²) in [7, 11) is 0. The molecule has 1 aromatic carbocycles. The van der Waals surface area contributed by atoms with Gasteiger partial charge in [0.1, 0.15) is 6.10 Å². The van der Waals surface area contributed by atoms with Crippen LogP contribution in [0.15, 0.2) is 24.3 Å². The van der Waals surface area contributed by atoms with Crippen molar-refractivity contribution in [1.82, 2.24) is 0 Å². The Morgan fingerprint density at radius 2 is 1.83 bits per heavy atom. The molecule has 1 fully saturated rings. The largest absolute Gasteiger partial charge is 0.481 e. The van der Waals surface area contributed by atoms with Crippen LogP contribution < -0.4 is 0 Å². The molecule has 0 heterocycles. The van der Waals surface area contributed by atoms with Gasteiger partial charge < -0.3 is 9.84 Å². The van der Waals surface area contributed by atoms with Crippen LogP contribution in [0.4, 0.5) is 0 Å². The molecule has 0 bridgehead atoms. The highest BCUT2D eigenvalue weighted by atomic mass is 16.5. The quantitative estimate of drug-likeness (QED) is 0.761. The van der Waals surface area contributed by atoms with Crippen LogP contribution in [0.2, 0.25) is 0 Å². The van der Waals surface area contributed by atoms with Crippen molar-refractivity contribution >= 4 is 11.9 Å². The smallest absolute Gasteiger partial charge is 0.310 e. The lowest BCUT2D eigenvalue weighted by atomic mass is 9.93. The van der Waals surface area contributed by atoms with Crippen LogP contribution in [0.5, 0.6) is 0 Å². The average Bonchev–Trinajstić information content (AvgIpc) is 2.93. The number of hydrogen-bond acceptors (Lipinski definition) is 3. The maximum atomic E-state index is 11.9. The fourth-order valence-electron chi connectivity index (χ4n) is 3.33. The maximum absolute atomic E-state index is 11.9. The van der Waals surface area contributed by atoms with Crippen molar-refractivity contribution < 1.29 is 19.4 Å². The molecular formula is C20H28O4. The molecule has 0 aromatic heterocycles. The lowest BCUT2D eigenvalue weighted by Gasteiger charge is -2.21. The van der Waals surface area contributed by atoms with E-state index in [-0.39, 0.29) is 12.1 Å². The molecule has 0 amide bonds. The zero-order valence-electron chi connectivity index (χ0n) is 14.8. The number of ether oxygens (including phenoxy) is 1. The predicted octanol–water partition coefficient (Wildman–Crippen LogP) is 4.18. The lowest BCUT2D eigenvalue weighted by Crippen LogP contribution is -2.24. The molecule has 4 heteroatoms. The van der Waals surface area contributed by atoms with Gasteiger partial charge in [0.15, 0.2) is 0 Å². The van der Waals surface area contributed by atoms with E-state index in [1.807, 2.05) is 38.1 Å². The van der Waals surface area contributed by atoms with Gasteiger partial charge in [0.05, 0.1) is 5.92 Å². The molecule has 1 aromatic rings. The summed E-state index contributed by atoms with van der Waals surface area (Å²) in [6, 6.07) is 7.78. The number of aliphatic carboxylic acids is 1. The SMILES string of the molecule is CC(C)CC(=O)O[C@H]1CCC[C@@H]1Cc1ccc([C@H](C)C(=O)O)cc1. The van der Waals surface area contributed by atoms with E-state index in [9.17, 15) is 9.59 Å². The van der Waals surface area contributed by atoms with E-state index in [0.717, 1.165) is 31.2 Å². The van der Waals surface area contributed by atoms with Gasteiger partial charge in [-0.1, -0.05) is 38.1 Å². The van der Waals surface area contributed by atoms with Crippen molar-refractivity contribution in [3.8, 4) is 0 Å². The third kappa shape index (κ3) is 5.08. The molecule has 1 N–H and O–H groups in total. The van der Waals surface area contributed by atoms with Crippen molar-refractivity contribution in [2.75, 3.05) is 0 Å². The van der Waals surface area contributed by atoms with E-state index in [1.165, 1.54) is 5.56 Å².